The molecule has 22 heavy (non-hydrogen) atoms. The molecule has 0 unspecified atom stereocenters. The normalized spacial score (nSPS) is 10.1. The predicted molar refractivity (Wildman–Crippen MR) is 94.5 cm³/mol. The lowest BCUT2D eigenvalue weighted by molar-refractivity contribution is 0.0602. The van der Waals surface area contributed by atoms with E-state index in [0.29, 0.717) is 22.2 Å². The zero-order chi connectivity index (χ0) is 15.9. The highest BCUT2D eigenvalue weighted by molar-refractivity contribution is 7.80. The van der Waals surface area contributed by atoms with E-state index in [1.807, 2.05) is 5.38 Å². The number of hydrogen-bond donors (Lipinski definition) is 2. The lowest BCUT2D eigenvalue weighted by Gasteiger charge is -2.10. The number of esters is 1. The maximum absolute atomic E-state index is 11.6. The fourth-order valence-corrected chi connectivity index (χ4v) is 2.92. The van der Waals surface area contributed by atoms with E-state index in [0.717, 1.165) is 12.0 Å². The largest absolute Gasteiger partial charge is 0.465 e. The lowest BCUT2D eigenvalue weighted by Crippen LogP contribution is -2.28. The molecule has 1 aromatic heterocycles. The third-order valence-electron chi connectivity index (χ3n) is 3.18. The number of thiophene rings is 1. The number of carbonyl (C=O) groups excluding carboxylic acids is 1. The highest BCUT2D eigenvalue weighted by Crippen LogP contribution is 2.23. The maximum Gasteiger partial charge on any atom is 0.340 e. The Morgan fingerprint density at radius 3 is 2.55 bits per heavy atom. The minimum Gasteiger partial charge on any atom is -0.465 e. The Bertz CT molecular complexity index is 650. The summed E-state index contributed by atoms with van der Waals surface area (Å²) < 4.78 is 4.73. The van der Waals surface area contributed by atoms with Crippen molar-refractivity contribution in [3.05, 3.63) is 52.4 Å². The van der Waals surface area contributed by atoms with E-state index in [-0.39, 0.29) is 5.97 Å². The molecule has 2 rings (SSSR count). The van der Waals surface area contributed by atoms with Crippen LogP contribution in [-0.4, -0.2) is 18.2 Å². The summed E-state index contributed by atoms with van der Waals surface area (Å²) in [5.41, 5.74) is 2.95. The van der Waals surface area contributed by atoms with Crippen LogP contribution in [0.5, 0.6) is 0 Å². The predicted octanol–water partition coefficient (Wildman–Crippen LogP) is 3.58. The van der Waals surface area contributed by atoms with Crippen molar-refractivity contribution < 1.29 is 9.53 Å². The van der Waals surface area contributed by atoms with Gasteiger partial charge in [0.15, 0.2) is 5.11 Å². The molecular weight excluding hydrogens is 316 g/mol. The first-order chi connectivity index (χ1) is 10.6. The number of ether oxygens (including phenoxy) is 1. The number of hydrogen-bond acceptors (Lipinski definition) is 4. The van der Waals surface area contributed by atoms with E-state index < -0.39 is 0 Å². The molecule has 0 amide bonds. The van der Waals surface area contributed by atoms with Gasteiger partial charge in [-0.25, -0.2) is 4.79 Å². The molecule has 6 heteroatoms. The first-order valence-electron chi connectivity index (χ1n) is 6.92. The van der Waals surface area contributed by atoms with Gasteiger partial charge in [0, 0.05) is 6.54 Å². The average Bonchev–Trinajstić information content (AvgIpc) is 3.00. The summed E-state index contributed by atoms with van der Waals surface area (Å²) in [6.45, 7) is 2.76. The second-order valence-corrected chi connectivity index (χ2v) is 5.96. The van der Waals surface area contributed by atoms with Crippen molar-refractivity contribution in [3.63, 3.8) is 0 Å². The Balaban J connectivity index is 1.90. The summed E-state index contributed by atoms with van der Waals surface area (Å²) in [5, 5.41) is 9.16. The quantitative estimate of drug-likeness (QED) is 0.646. The fraction of sp³-hybridized carbons (Fsp3) is 0.250. The maximum atomic E-state index is 11.6. The molecule has 2 aromatic rings. The molecule has 0 aliphatic rings. The Hall–Kier alpha value is -1.92. The van der Waals surface area contributed by atoms with Crippen molar-refractivity contribution in [2.75, 3.05) is 12.4 Å². The van der Waals surface area contributed by atoms with Crippen LogP contribution in [0, 0.1) is 0 Å². The molecule has 0 bridgehead atoms. The monoisotopic (exact) mass is 334 g/mol. The molecule has 0 radical (unpaired) electrons. The number of carbonyl (C=O) groups is 1. The van der Waals surface area contributed by atoms with Gasteiger partial charge in [0.2, 0.25) is 0 Å². The van der Waals surface area contributed by atoms with Gasteiger partial charge in [-0.3, -0.25) is 0 Å². The van der Waals surface area contributed by atoms with Crippen LogP contribution in [0.25, 0.3) is 0 Å². The first kappa shape index (κ1) is 16.5. The number of nitrogens with one attached hydrogen (secondary N) is 2. The number of anilines is 1. The van der Waals surface area contributed by atoms with Gasteiger partial charge in [-0.1, -0.05) is 31.2 Å². The Kier molecular flexibility index (Phi) is 5.91. The van der Waals surface area contributed by atoms with Gasteiger partial charge in [-0.15, -0.1) is 11.3 Å². The summed E-state index contributed by atoms with van der Waals surface area (Å²) in [6, 6.07) is 10.1. The summed E-state index contributed by atoms with van der Waals surface area (Å²) in [5.74, 6) is -0.373. The SMILES string of the molecule is CCc1ccc(CNC(=S)Nc2sccc2C(=O)OC)cc1. The third kappa shape index (κ3) is 4.29. The molecule has 1 heterocycles. The molecule has 0 spiro atoms. The van der Waals surface area contributed by atoms with E-state index in [9.17, 15) is 4.79 Å². The van der Waals surface area contributed by atoms with Gasteiger partial charge >= 0.3 is 5.97 Å². The summed E-state index contributed by atoms with van der Waals surface area (Å²) in [7, 11) is 1.36. The van der Waals surface area contributed by atoms with Crippen molar-refractivity contribution in [1.29, 1.82) is 0 Å². The Morgan fingerprint density at radius 1 is 1.23 bits per heavy atom. The minimum absolute atomic E-state index is 0.373. The van der Waals surface area contributed by atoms with E-state index in [1.165, 1.54) is 24.0 Å². The third-order valence-corrected chi connectivity index (χ3v) is 4.26. The van der Waals surface area contributed by atoms with E-state index in [1.54, 1.807) is 6.07 Å². The van der Waals surface area contributed by atoms with Gasteiger partial charge in [0.05, 0.1) is 12.7 Å². The fourth-order valence-electron chi connectivity index (χ4n) is 1.90. The standard InChI is InChI=1S/C16H18N2O2S2/c1-3-11-4-6-12(7-5-11)10-17-16(21)18-14-13(8-9-22-14)15(19)20-2/h4-9H,3,10H2,1-2H3,(H2,17,18,21). The van der Waals surface area contributed by atoms with Crippen molar-refractivity contribution in [2.45, 2.75) is 19.9 Å². The number of rotatable bonds is 5. The molecule has 0 atom stereocenters. The highest BCUT2D eigenvalue weighted by atomic mass is 32.1. The molecule has 0 fully saturated rings. The number of thiocarbonyl (C=S) groups is 1. The van der Waals surface area contributed by atoms with Crippen LogP contribution in [-0.2, 0) is 17.7 Å². The lowest BCUT2D eigenvalue weighted by atomic mass is 10.1. The summed E-state index contributed by atoms with van der Waals surface area (Å²) in [6.07, 6.45) is 1.03. The number of benzene rings is 1. The Labute approximate surface area is 139 Å². The van der Waals surface area contributed by atoms with Crippen LogP contribution in [0.3, 0.4) is 0 Å². The molecule has 0 saturated carbocycles. The van der Waals surface area contributed by atoms with Crippen LogP contribution in [0.1, 0.15) is 28.4 Å². The van der Waals surface area contributed by atoms with Gasteiger partial charge in [-0.2, -0.15) is 0 Å². The first-order valence-corrected chi connectivity index (χ1v) is 8.21. The molecule has 0 aliphatic carbocycles. The zero-order valence-electron chi connectivity index (χ0n) is 12.5. The minimum atomic E-state index is -0.373. The molecule has 116 valence electrons. The molecular formula is C16H18N2O2S2. The Morgan fingerprint density at radius 2 is 1.91 bits per heavy atom. The highest BCUT2D eigenvalue weighted by Gasteiger charge is 2.13. The summed E-state index contributed by atoms with van der Waals surface area (Å²) >= 11 is 6.67. The summed E-state index contributed by atoms with van der Waals surface area (Å²) in [4.78, 5) is 11.6. The van der Waals surface area contributed by atoms with Crippen molar-refractivity contribution in [3.8, 4) is 0 Å². The van der Waals surface area contributed by atoms with Gasteiger partial charge in [0.1, 0.15) is 5.00 Å². The molecule has 0 aliphatic heterocycles. The molecule has 0 saturated heterocycles. The average molecular weight is 334 g/mol. The zero-order valence-corrected chi connectivity index (χ0v) is 14.1. The topological polar surface area (TPSA) is 50.4 Å². The number of methoxy groups -OCH3 is 1. The molecule has 4 nitrogen and oxygen atoms in total. The molecule has 1 aromatic carbocycles. The van der Waals surface area contributed by atoms with Crippen molar-refractivity contribution >= 4 is 39.6 Å². The van der Waals surface area contributed by atoms with Crippen LogP contribution in [0.15, 0.2) is 35.7 Å². The number of aryl methyl sites for hydroxylation is 1. The van der Waals surface area contributed by atoms with Gasteiger partial charge in [0.25, 0.3) is 0 Å². The van der Waals surface area contributed by atoms with E-state index in [2.05, 4.69) is 41.8 Å². The second kappa shape index (κ2) is 7.91. The van der Waals surface area contributed by atoms with E-state index in [4.69, 9.17) is 17.0 Å². The van der Waals surface area contributed by atoms with Crippen LogP contribution < -0.4 is 10.6 Å². The molecule has 2 N–H and O–H groups in total. The van der Waals surface area contributed by atoms with Crippen LogP contribution in [0.2, 0.25) is 0 Å². The van der Waals surface area contributed by atoms with Crippen LogP contribution in [0.4, 0.5) is 5.00 Å². The van der Waals surface area contributed by atoms with Gasteiger partial charge < -0.3 is 15.4 Å². The van der Waals surface area contributed by atoms with Crippen LogP contribution >= 0.6 is 23.6 Å². The van der Waals surface area contributed by atoms with Gasteiger partial charge in [-0.05, 0) is 41.2 Å². The van der Waals surface area contributed by atoms with Crippen molar-refractivity contribution in [2.24, 2.45) is 0 Å². The van der Waals surface area contributed by atoms with Crippen molar-refractivity contribution in [1.82, 2.24) is 5.32 Å². The smallest absolute Gasteiger partial charge is 0.340 e. The van der Waals surface area contributed by atoms with E-state index >= 15 is 0 Å². The second-order valence-electron chi connectivity index (χ2n) is 4.63.